The first-order valence-corrected chi connectivity index (χ1v) is 6.84. The molecule has 0 saturated carbocycles. The van der Waals surface area contributed by atoms with Crippen molar-refractivity contribution in [2.75, 3.05) is 18.8 Å². The van der Waals surface area contributed by atoms with Crippen molar-refractivity contribution in [1.29, 1.82) is 0 Å². The van der Waals surface area contributed by atoms with Crippen LogP contribution in [0, 0.1) is 0 Å². The van der Waals surface area contributed by atoms with Crippen molar-refractivity contribution in [3.63, 3.8) is 0 Å². The Balaban J connectivity index is 1.92. The van der Waals surface area contributed by atoms with Crippen molar-refractivity contribution in [3.05, 3.63) is 30.0 Å². The van der Waals surface area contributed by atoms with E-state index in [1.54, 1.807) is 24.1 Å². The topological polar surface area (TPSA) is 82.3 Å². The Morgan fingerprint density at radius 1 is 1.50 bits per heavy atom. The molecule has 1 aliphatic rings. The van der Waals surface area contributed by atoms with Crippen molar-refractivity contribution < 1.29 is 9.90 Å². The lowest BCUT2D eigenvalue weighted by Gasteiger charge is -2.36. The number of carbonyl (C=O) groups is 1. The molecule has 1 aromatic heterocycles. The molecular weight excluding hydrogens is 254 g/mol. The van der Waals surface area contributed by atoms with E-state index in [1.807, 2.05) is 12.1 Å². The van der Waals surface area contributed by atoms with Crippen LogP contribution in [0.4, 0.5) is 5.69 Å². The van der Waals surface area contributed by atoms with Crippen LogP contribution in [0.5, 0.6) is 0 Å². The number of nitrogens with zero attached hydrogens (tertiary/aromatic N) is 1. The van der Waals surface area contributed by atoms with Crippen LogP contribution in [0.2, 0.25) is 0 Å². The van der Waals surface area contributed by atoms with Crippen molar-refractivity contribution in [2.45, 2.75) is 25.4 Å². The summed E-state index contributed by atoms with van der Waals surface area (Å²) in [6, 6.07) is 5.47. The number of nitrogens with two attached hydrogens (primary N) is 1. The van der Waals surface area contributed by atoms with Gasteiger partial charge in [-0.05, 0) is 38.0 Å². The summed E-state index contributed by atoms with van der Waals surface area (Å²) in [5, 5.41) is 11.0. The van der Waals surface area contributed by atoms with Gasteiger partial charge in [0.1, 0.15) is 0 Å². The van der Waals surface area contributed by atoms with Crippen molar-refractivity contribution >= 4 is 22.5 Å². The third-order valence-electron chi connectivity index (χ3n) is 3.90. The molecule has 0 bridgehead atoms. The van der Waals surface area contributed by atoms with Crippen molar-refractivity contribution in [2.24, 2.45) is 0 Å². The minimum atomic E-state index is -0.787. The van der Waals surface area contributed by atoms with Crippen LogP contribution >= 0.6 is 0 Å². The normalized spacial score (nSPS) is 23.2. The second-order valence-corrected chi connectivity index (χ2v) is 5.83. The first-order valence-electron chi connectivity index (χ1n) is 6.84. The maximum atomic E-state index is 12.6. The molecule has 5 nitrogen and oxygen atoms in total. The Labute approximate surface area is 117 Å². The highest BCUT2D eigenvalue weighted by molar-refractivity contribution is 6.07. The zero-order chi connectivity index (χ0) is 14.3. The number of β-amino-alcohol motifs (C(OH)–C–C–N with tert-alkyl or cyclic N) is 1. The van der Waals surface area contributed by atoms with Crippen LogP contribution < -0.4 is 5.73 Å². The number of amides is 1. The van der Waals surface area contributed by atoms with Crippen LogP contribution in [0.25, 0.3) is 10.9 Å². The van der Waals surface area contributed by atoms with E-state index in [0.717, 1.165) is 23.7 Å². The Bertz CT molecular complexity index is 660. The molecule has 1 unspecified atom stereocenters. The number of likely N-dealkylation sites (tertiary alicyclic amines) is 1. The summed E-state index contributed by atoms with van der Waals surface area (Å²) in [7, 11) is 0. The van der Waals surface area contributed by atoms with E-state index in [2.05, 4.69) is 4.98 Å². The Morgan fingerprint density at radius 2 is 2.30 bits per heavy atom. The van der Waals surface area contributed by atoms with Gasteiger partial charge in [-0.3, -0.25) is 4.79 Å². The van der Waals surface area contributed by atoms with Crippen molar-refractivity contribution in [3.8, 4) is 0 Å². The molecule has 2 heterocycles. The summed E-state index contributed by atoms with van der Waals surface area (Å²) >= 11 is 0. The van der Waals surface area contributed by atoms with E-state index in [4.69, 9.17) is 5.73 Å². The van der Waals surface area contributed by atoms with Crippen LogP contribution in [0.15, 0.2) is 24.4 Å². The van der Waals surface area contributed by atoms with Gasteiger partial charge in [-0.2, -0.15) is 0 Å². The zero-order valence-electron chi connectivity index (χ0n) is 11.5. The maximum Gasteiger partial charge on any atom is 0.256 e. The fourth-order valence-electron chi connectivity index (χ4n) is 2.88. The highest BCUT2D eigenvalue weighted by Gasteiger charge is 2.32. The lowest BCUT2D eigenvalue weighted by Crippen LogP contribution is -2.48. The number of H-pyrrole nitrogens is 1. The van der Waals surface area contributed by atoms with Crippen LogP contribution in [0.3, 0.4) is 0 Å². The molecule has 2 aromatic rings. The third-order valence-corrected chi connectivity index (χ3v) is 3.90. The first-order chi connectivity index (χ1) is 9.46. The van der Waals surface area contributed by atoms with Gasteiger partial charge in [0.2, 0.25) is 0 Å². The molecule has 1 saturated heterocycles. The van der Waals surface area contributed by atoms with Gasteiger partial charge in [-0.15, -0.1) is 0 Å². The predicted molar refractivity (Wildman–Crippen MR) is 78.5 cm³/mol. The second kappa shape index (κ2) is 4.52. The zero-order valence-corrected chi connectivity index (χ0v) is 11.5. The fraction of sp³-hybridized carbons (Fsp3) is 0.400. The van der Waals surface area contributed by atoms with E-state index in [1.165, 1.54) is 0 Å². The summed E-state index contributed by atoms with van der Waals surface area (Å²) < 4.78 is 0. The lowest BCUT2D eigenvalue weighted by atomic mass is 9.94. The number of aliphatic hydroxyl groups is 1. The van der Waals surface area contributed by atoms with Gasteiger partial charge < -0.3 is 20.7 Å². The summed E-state index contributed by atoms with van der Waals surface area (Å²) in [5.74, 6) is -0.0407. The number of nitrogens with one attached hydrogen (secondary N) is 1. The molecule has 1 amide bonds. The van der Waals surface area contributed by atoms with Crippen LogP contribution in [-0.4, -0.2) is 39.6 Å². The minimum absolute atomic E-state index is 0.0407. The molecule has 4 N–H and O–H groups in total. The molecule has 0 spiro atoms. The number of hydrogen-bond acceptors (Lipinski definition) is 3. The monoisotopic (exact) mass is 273 g/mol. The number of anilines is 1. The molecule has 0 radical (unpaired) electrons. The molecule has 20 heavy (non-hydrogen) atoms. The SMILES string of the molecule is CC1(O)CCCN(C(=O)c2c[nH]c3cc(N)ccc23)C1. The fourth-order valence-corrected chi connectivity index (χ4v) is 2.88. The summed E-state index contributed by atoms with van der Waals surface area (Å²) in [6.45, 7) is 2.85. The summed E-state index contributed by atoms with van der Waals surface area (Å²) in [5.41, 5.74) is 7.11. The molecule has 106 valence electrons. The van der Waals surface area contributed by atoms with Crippen LogP contribution in [0.1, 0.15) is 30.1 Å². The molecule has 3 rings (SSSR count). The van der Waals surface area contributed by atoms with Gasteiger partial charge in [0.15, 0.2) is 0 Å². The highest BCUT2D eigenvalue weighted by atomic mass is 16.3. The standard InChI is InChI=1S/C15H19N3O2/c1-15(20)5-2-6-18(9-15)14(19)12-8-17-13-7-10(16)3-4-11(12)13/h3-4,7-8,17,20H,2,5-6,9,16H2,1H3. The van der Waals surface area contributed by atoms with Gasteiger partial charge >= 0.3 is 0 Å². The van der Waals surface area contributed by atoms with Gasteiger partial charge in [-0.25, -0.2) is 0 Å². The van der Waals surface area contributed by atoms with Gasteiger partial charge in [0, 0.05) is 35.9 Å². The largest absolute Gasteiger partial charge is 0.399 e. The summed E-state index contributed by atoms with van der Waals surface area (Å²) in [4.78, 5) is 17.4. The van der Waals surface area contributed by atoms with Gasteiger partial charge in [0.05, 0.1) is 11.2 Å². The molecule has 1 fully saturated rings. The molecule has 1 aliphatic heterocycles. The Hall–Kier alpha value is -2.01. The van der Waals surface area contributed by atoms with E-state index in [0.29, 0.717) is 24.3 Å². The van der Waals surface area contributed by atoms with E-state index in [-0.39, 0.29) is 5.91 Å². The number of rotatable bonds is 1. The molecule has 1 aromatic carbocycles. The molecule has 0 aliphatic carbocycles. The third kappa shape index (κ3) is 2.25. The van der Waals surface area contributed by atoms with E-state index >= 15 is 0 Å². The predicted octanol–water partition coefficient (Wildman–Crippen LogP) is 1.74. The number of aromatic amines is 1. The van der Waals surface area contributed by atoms with Gasteiger partial charge in [0.25, 0.3) is 5.91 Å². The minimum Gasteiger partial charge on any atom is -0.399 e. The highest BCUT2D eigenvalue weighted by Crippen LogP contribution is 2.25. The number of fused-ring (bicyclic) bond motifs is 1. The molecule has 1 atom stereocenters. The number of piperidine rings is 1. The summed E-state index contributed by atoms with van der Waals surface area (Å²) in [6.07, 6.45) is 3.28. The average molecular weight is 273 g/mol. The molecule has 5 heteroatoms. The Kier molecular flexibility index (Phi) is 2.94. The Morgan fingerprint density at radius 3 is 3.05 bits per heavy atom. The van der Waals surface area contributed by atoms with Crippen LogP contribution in [-0.2, 0) is 0 Å². The van der Waals surface area contributed by atoms with Crippen molar-refractivity contribution in [1.82, 2.24) is 9.88 Å². The first kappa shape index (κ1) is 13.0. The number of aromatic nitrogens is 1. The number of benzene rings is 1. The average Bonchev–Trinajstić information content (AvgIpc) is 2.79. The lowest BCUT2D eigenvalue weighted by molar-refractivity contribution is -0.0106. The smallest absolute Gasteiger partial charge is 0.256 e. The number of nitrogen functional groups attached to an aromatic ring is 1. The quantitative estimate of drug-likeness (QED) is 0.692. The van der Waals surface area contributed by atoms with Gasteiger partial charge in [-0.1, -0.05) is 0 Å². The second-order valence-electron chi connectivity index (χ2n) is 5.83. The van der Waals surface area contributed by atoms with E-state index in [9.17, 15) is 9.90 Å². The van der Waals surface area contributed by atoms with E-state index < -0.39 is 5.60 Å². The maximum absolute atomic E-state index is 12.6. The molecular formula is C15H19N3O2. The number of hydrogen-bond donors (Lipinski definition) is 3. The number of carbonyl (C=O) groups excluding carboxylic acids is 1.